The van der Waals surface area contributed by atoms with Gasteiger partial charge in [0.25, 0.3) is 5.56 Å². The van der Waals surface area contributed by atoms with Crippen molar-refractivity contribution in [1.82, 2.24) is 9.78 Å². The van der Waals surface area contributed by atoms with Gasteiger partial charge in [0.15, 0.2) is 0 Å². The molecule has 1 heterocycles. The summed E-state index contributed by atoms with van der Waals surface area (Å²) in [6.45, 7) is 3.01. The molecule has 132 valence electrons. The molecule has 0 bridgehead atoms. The minimum Gasteiger partial charge on any atom is -0.326 e. The largest absolute Gasteiger partial charge is 0.326 e. The first-order valence-corrected chi connectivity index (χ1v) is 8.08. The number of nitrogens with zero attached hydrogens (tertiary/aromatic N) is 2. The zero-order valence-electron chi connectivity index (χ0n) is 14.4. The smallest absolute Gasteiger partial charge is 0.275 e. The number of amides is 2. The molecule has 0 radical (unpaired) electrons. The van der Waals surface area contributed by atoms with Crippen LogP contribution in [0.15, 0.2) is 53.3 Å². The number of carbonyl (C=O) groups is 2. The van der Waals surface area contributed by atoms with Gasteiger partial charge in [0.1, 0.15) is 6.54 Å². The van der Waals surface area contributed by atoms with E-state index in [0.717, 1.165) is 10.1 Å². The molecule has 2 aromatic carbocycles. The molecule has 1 aromatic heterocycles. The Bertz CT molecular complexity index is 1060. The first-order chi connectivity index (χ1) is 12.4. The van der Waals surface area contributed by atoms with Crippen LogP contribution >= 0.6 is 0 Å². The summed E-state index contributed by atoms with van der Waals surface area (Å²) in [4.78, 5) is 36.0. The predicted octanol–water partition coefficient (Wildman–Crippen LogP) is 2.30. The Morgan fingerprint density at radius 2 is 1.65 bits per heavy atom. The molecule has 26 heavy (non-hydrogen) atoms. The molecule has 0 saturated carbocycles. The van der Waals surface area contributed by atoms with Gasteiger partial charge >= 0.3 is 0 Å². The molecule has 7 nitrogen and oxygen atoms in total. The molecule has 7 heteroatoms. The zero-order valence-corrected chi connectivity index (χ0v) is 14.4. The highest BCUT2D eigenvalue weighted by Gasteiger charge is 2.11. The van der Waals surface area contributed by atoms with Crippen molar-refractivity contribution in [2.45, 2.75) is 20.4 Å². The molecular weight excluding hydrogens is 332 g/mol. The third-order valence-electron chi connectivity index (χ3n) is 3.81. The lowest BCUT2D eigenvalue weighted by Crippen LogP contribution is -2.30. The van der Waals surface area contributed by atoms with Crippen molar-refractivity contribution < 1.29 is 9.59 Å². The molecule has 3 aromatic rings. The van der Waals surface area contributed by atoms with Crippen LogP contribution in [0.25, 0.3) is 10.8 Å². The Morgan fingerprint density at radius 3 is 2.35 bits per heavy atom. The van der Waals surface area contributed by atoms with E-state index in [9.17, 15) is 14.4 Å². The third-order valence-corrected chi connectivity index (χ3v) is 3.81. The van der Waals surface area contributed by atoms with Crippen molar-refractivity contribution in [3.63, 3.8) is 0 Å². The third kappa shape index (κ3) is 3.77. The van der Waals surface area contributed by atoms with Crippen LogP contribution in [-0.2, 0) is 16.1 Å². The standard InChI is InChI=1S/C19H18N4O3/c1-12-16-8-3-4-9-17(16)19(26)23(22-12)11-18(25)21-15-7-5-6-14(10-15)20-13(2)24/h3-10H,11H2,1-2H3,(H,20,24)(H,21,25). The molecule has 0 spiro atoms. The topological polar surface area (TPSA) is 93.1 Å². The minimum atomic E-state index is -0.380. The molecule has 3 rings (SSSR count). The van der Waals surface area contributed by atoms with E-state index in [1.807, 2.05) is 12.1 Å². The van der Waals surface area contributed by atoms with Gasteiger partial charge in [0, 0.05) is 23.7 Å². The van der Waals surface area contributed by atoms with E-state index in [1.165, 1.54) is 6.92 Å². The van der Waals surface area contributed by atoms with Crippen molar-refractivity contribution in [2.75, 3.05) is 10.6 Å². The summed E-state index contributed by atoms with van der Waals surface area (Å²) >= 11 is 0. The van der Waals surface area contributed by atoms with Gasteiger partial charge in [0.2, 0.25) is 11.8 Å². The van der Waals surface area contributed by atoms with Crippen molar-refractivity contribution in [3.8, 4) is 0 Å². The number of carbonyl (C=O) groups excluding carboxylic acids is 2. The van der Waals surface area contributed by atoms with E-state index >= 15 is 0 Å². The van der Waals surface area contributed by atoms with E-state index in [2.05, 4.69) is 15.7 Å². The molecule has 0 saturated heterocycles. The number of fused-ring (bicyclic) bond motifs is 1. The average Bonchev–Trinajstić information content (AvgIpc) is 2.59. The van der Waals surface area contributed by atoms with E-state index < -0.39 is 0 Å². The van der Waals surface area contributed by atoms with Gasteiger partial charge in [-0.15, -0.1) is 0 Å². The highest BCUT2D eigenvalue weighted by molar-refractivity contribution is 5.93. The number of hydrogen-bond acceptors (Lipinski definition) is 4. The fourth-order valence-electron chi connectivity index (χ4n) is 2.73. The summed E-state index contributed by atoms with van der Waals surface area (Å²) in [5, 5.41) is 10.9. The second kappa shape index (κ2) is 7.18. The van der Waals surface area contributed by atoms with Crippen LogP contribution in [0.3, 0.4) is 0 Å². The Balaban J connectivity index is 1.81. The number of hydrogen-bond donors (Lipinski definition) is 2. The fourth-order valence-corrected chi connectivity index (χ4v) is 2.73. The molecule has 0 aliphatic heterocycles. The second-order valence-electron chi connectivity index (χ2n) is 5.90. The number of aryl methyl sites for hydroxylation is 1. The lowest BCUT2D eigenvalue weighted by Gasteiger charge is -2.10. The van der Waals surface area contributed by atoms with Crippen LogP contribution in [0.2, 0.25) is 0 Å². The van der Waals surface area contributed by atoms with E-state index in [4.69, 9.17) is 0 Å². The molecule has 0 aliphatic carbocycles. The van der Waals surface area contributed by atoms with E-state index in [1.54, 1.807) is 43.3 Å². The lowest BCUT2D eigenvalue weighted by atomic mass is 10.1. The van der Waals surface area contributed by atoms with Crippen LogP contribution in [0.5, 0.6) is 0 Å². The molecule has 2 N–H and O–H groups in total. The summed E-state index contributed by atoms with van der Waals surface area (Å²) < 4.78 is 1.16. The van der Waals surface area contributed by atoms with Gasteiger partial charge in [-0.05, 0) is 31.2 Å². The maximum Gasteiger partial charge on any atom is 0.275 e. The SMILES string of the molecule is CC(=O)Nc1cccc(NC(=O)Cn2nc(C)c3ccccc3c2=O)c1. The zero-order chi connectivity index (χ0) is 18.7. The summed E-state index contributed by atoms with van der Waals surface area (Å²) in [5.74, 6) is -0.579. The van der Waals surface area contributed by atoms with Gasteiger partial charge in [-0.2, -0.15) is 5.10 Å². The fraction of sp³-hybridized carbons (Fsp3) is 0.158. The van der Waals surface area contributed by atoms with Crippen molar-refractivity contribution >= 4 is 34.0 Å². The molecule has 2 amide bonds. The molecular formula is C19H18N4O3. The van der Waals surface area contributed by atoms with Crippen LogP contribution < -0.4 is 16.2 Å². The van der Waals surface area contributed by atoms with Crippen LogP contribution in [0.1, 0.15) is 12.6 Å². The van der Waals surface area contributed by atoms with E-state index in [-0.39, 0.29) is 23.9 Å². The minimum absolute atomic E-state index is 0.198. The van der Waals surface area contributed by atoms with Gasteiger partial charge in [0.05, 0.1) is 11.1 Å². The number of anilines is 2. The maximum atomic E-state index is 12.5. The Kier molecular flexibility index (Phi) is 4.79. The van der Waals surface area contributed by atoms with Crippen LogP contribution in [0, 0.1) is 6.92 Å². The van der Waals surface area contributed by atoms with Gasteiger partial charge in [-0.3, -0.25) is 14.4 Å². The quantitative estimate of drug-likeness (QED) is 0.755. The monoisotopic (exact) mass is 350 g/mol. The Labute approximate surface area is 149 Å². The van der Waals surface area contributed by atoms with E-state index in [0.29, 0.717) is 22.5 Å². The summed E-state index contributed by atoms with van der Waals surface area (Å²) in [5.41, 5.74) is 1.47. The highest BCUT2D eigenvalue weighted by Crippen LogP contribution is 2.15. The first kappa shape index (κ1) is 17.3. The predicted molar refractivity (Wildman–Crippen MR) is 100 cm³/mol. The van der Waals surface area contributed by atoms with Gasteiger partial charge in [-0.1, -0.05) is 24.3 Å². The molecule has 0 unspecified atom stereocenters. The lowest BCUT2D eigenvalue weighted by molar-refractivity contribution is -0.117. The van der Waals surface area contributed by atoms with Crippen molar-refractivity contribution in [1.29, 1.82) is 0 Å². The maximum absolute atomic E-state index is 12.5. The van der Waals surface area contributed by atoms with Crippen molar-refractivity contribution in [3.05, 3.63) is 64.6 Å². The summed E-state index contributed by atoms with van der Waals surface area (Å²) in [7, 11) is 0. The molecule has 0 atom stereocenters. The summed E-state index contributed by atoms with van der Waals surface area (Å²) in [6.07, 6.45) is 0. The number of rotatable bonds is 4. The van der Waals surface area contributed by atoms with Crippen LogP contribution in [0.4, 0.5) is 11.4 Å². The Hall–Kier alpha value is -3.48. The average molecular weight is 350 g/mol. The Morgan fingerprint density at radius 1 is 1.00 bits per heavy atom. The molecule has 0 fully saturated rings. The van der Waals surface area contributed by atoms with Crippen molar-refractivity contribution in [2.24, 2.45) is 0 Å². The first-order valence-electron chi connectivity index (χ1n) is 8.08. The molecule has 0 aliphatic rings. The summed E-state index contributed by atoms with van der Waals surface area (Å²) in [6, 6.07) is 13.9. The number of aromatic nitrogens is 2. The highest BCUT2D eigenvalue weighted by atomic mass is 16.2. The van der Waals surface area contributed by atoms with Crippen LogP contribution in [-0.4, -0.2) is 21.6 Å². The number of nitrogens with one attached hydrogen (secondary N) is 2. The van der Waals surface area contributed by atoms with Gasteiger partial charge < -0.3 is 10.6 Å². The second-order valence-corrected chi connectivity index (χ2v) is 5.90. The normalized spacial score (nSPS) is 10.5. The number of benzene rings is 2. The van der Waals surface area contributed by atoms with Gasteiger partial charge in [-0.25, -0.2) is 4.68 Å².